The molecule has 0 aliphatic carbocycles. The number of carbonyl (C=O) groups is 3. The molecule has 0 saturated carbocycles. The van der Waals surface area contributed by atoms with Crippen molar-refractivity contribution in [3.8, 4) is 0 Å². The van der Waals surface area contributed by atoms with Crippen molar-refractivity contribution in [1.29, 1.82) is 0 Å². The van der Waals surface area contributed by atoms with Crippen LogP contribution < -0.4 is 26.0 Å². The maximum Gasteiger partial charge on any atom is 0.416 e. The molecule has 6 N–H and O–H groups in total. The fourth-order valence-corrected chi connectivity index (χ4v) is 16.3. The zero-order valence-corrected chi connectivity index (χ0v) is 67.6. The second kappa shape index (κ2) is 41.9. The van der Waals surface area contributed by atoms with Gasteiger partial charge in [0.25, 0.3) is 0 Å². The first-order valence-corrected chi connectivity index (χ1v) is 40.0. The van der Waals surface area contributed by atoms with E-state index in [4.69, 9.17) is 28.4 Å². The number of alkyl halides is 18. The van der Waals surface area contributed by atoms with Gasteiger partial charge in [0, 0.05) is 44.6 Å². The molecule has 5 aliphatic rings. The Hall–Kier alpha value is -9.17. The third kappa shape index (κ3) is 26.5. The van der Waals surface area contributed by atoms with E-state index in [9.17, 15) is 103 Å². The van der Waals surface area contributed by atoms with Crippen LogP contribution in [0, 0.1) is 6.92 Å². The van der Waals surface area contributed by atoms with Gasteiger partial charge in [-0.3, -0.25) is 4.90 Å². The number of piperidine rings is 3. The number of cyclic esters (lactones) is 2. The summed E-state index contributed by atoms with van der Waals surface area (Å²) >= 11 is 0. The summed E-state index contributed by atoms with van der Waals surface area (Å²) in [6.45, 7) is 12.2. The number of amides is 3. The molecule has 5 fully saturated rings. The summed E-state index contributed by atoms with van der Waals surface area (Å²) in [6.07, 6.45) is -31.4. The standard InChI is InChI=1S/C36H42F6N2O5S.C25H26F6N2O3.C25H24F6N2O3.4CH4/c1-25(27-19-29(35(37,38)39)21-30(20-27)36(40,41)42)49-24-34(28-13-9-6-10-14-28)16-15-33(17-18-45,43-50(47)32(2,3)4)23-44(34)31(46)48-22-26-11-7-5-8-12-26;2*1-16(17-11-19(24(26,27)28)13-20(12-17)25(29,30)31)36-15-23(18-5-3-2-4-6-18)8-7-22(14-32-23)9-10-35-21(34)33-22;;;;/h5-14,19-21,25,43,45H,15-18,22-24H2,1-4H3;2-6,11-13,16,32H,7-10,14-15H2,1H3,(H,33,34);2-6,11-13,16,32H,1,7-10,14-15H2;4*1H4/p+1/t25-,33-,34-,50?;16-,22+,23-;16-,22-,23-;;;;/m111..../s1. The minimum atomic E-state index is -5.04. The highest BCUT2D eigenvalue weighted by molar-refractivity contribution is 7.84. The Balaban J connectivity index is 0.000000293. The third-order valence-electron chi connectivity index (χ3n) is 22.6. The van der Waals surface area contributed by atoms with Gasteiger partial charge in [0.1, 0.15) is 6.61 Å². The van der Waals surface area contributed by atoms with E-state index < -0.39 is 156 Å². The van der Waals surface area contributed by atoms with Crippen molar-refractivity contribution in [3.63, 3.8) is 0 Å². The van der Waals surface area contributed by atoms with Gasteiger partial charge in [-0.15, -0.1) is 0 Å². The van der Waals surface area contributed by atoms with Crippen molar-refractivity contribution in [1.82, 2.24) is 30.9 Å². The summed E-state index contributed by atoms with van der Waals surface area (Å²) in [5.74, 6) is 0. The van der Waals surface area contributed by atoms with Crippen LogP contribution in [0.1, 0.15) is 213 Å². The number of rotatable bonds is 21. The minimum absolute atomic E-state index is 0. The van der Waals surface area contributed by atoms with Crippen molar-refractivity contribution in [3.05, 3.63) is 255 Å². The Morgan fingerprint density at radius 2 is 0.833 bits per heavy atom. The van der Waals surface area contributed by atoms with E-state index in [2.05, 4.69) is 32.9 Å². The number of carbonyl (C=O) groups excluding carboxylic acids is 3. The minimum Gasteiger partial charge on any atom is -0.449 e. The molecule has 36 heteroatoms. The summed E-state index contributed by atoms with van der Waals surface area (Å²) in [6, 6.07) is 40.2. The quantitative estimate of drug-likeness (QED) is 0.0225. The largest absolute Gasteiger partial charge is 0.449 e. The van der Waals surface area contributed by atoms with Crippen LogP contribution in [-0.4, -0.2) is 113 Å². The Labute approximate surface area is 724 Å². The van der Waals surface area contributed by atoms with Crippen LogP contribution in [0.5, 0.6) is 0 Å². The molecule has 7 aromatic carbocycles. The van der Waals surface area contributed by atoms with Crippen molar-refractivity contribution < 1.29 is 131 Å². The SMILES string of the molecule is C.C.C.C.C[C@@H](OC[C@@]1(c2ccccc2)CC[C@](CCO)(NS(=O)C(C)(C)C)CN1C(=O)OCc1ccccc1)c1cc(C(F)(F)F)cc(C(F)(F)F)c1.C[C@@H](OC[C@@]1(c2ccccc2)CC[C@]2(CCOC(=O)N2)CN1)c1cc(C(F)(F)F)cc(C(F)(F)F)c1.[CH2+][C@@H](OC[C@@]1(c2ccccc2)CC[C@@]2(CCOC(=O)N2)CN1)c1cc(C(F)(F)F)cc(C(F)(F)F)c1. The van der Waals surface area contributed by atoms with E-state index in [1.165, 1.54) is 18.7 Å². The molecule has 10 atom stereocenters. The molecule has 12 rings (SSSR count). The average molecular weight is 1820 g/mol. The zero-order chi connectivity index (χ0) is 89.3. The van der Waals surface area contributed by atoms with E-state index in [0.29, 0.717) is 99.1 Å². The maximum absolute atomic E-state index is 14.2. The molecule has 5 saturated heterocycles. The zero-order valence-electron chi connectivity index (χ0n) is 66.8. The number of likely N-dealkylation sites (tertiary alicyclic amines) is 1. The summed E-state index contributed by atoms with van der Waals surface area (Å²) < 4.78 is 291. The van der Waals surface area contributed by atoms with Crippen LogP contribution in [0.3, 0.4) is 0 Å². The summed E-state index contributed by atoms with van der Waals surface area (Å²) in [7, 11) is -1.62. The van der Waals surface area contributed by atoms with Gasteiger partial charge in [-0.25, -0.2) is 23.3 Å². The predicted octanol–water partition coefficient (Wildman–Crippen LogP) is 22.6. The number of aliphatic hydroxyl groups is 1. The summed E-state index contributed by atoms with van der Waals surface area (Å²) in [4.78, 5) is 39.2. The molecular weight excluding hydrogens is 1720 g/mol. The van der Waals surface area contributed by atoms with Crippen molar-refractivity contribution in [2.24, 2.45) is 0 Å². The number of aliphatic hydroxyl groups excluding tert-OH is 1. The highest BCUT2D eigenvalue weighted by atomic mass is 32.2. The Morgan fingerprint density at radius 3 is 1.17 bits per heavy atom. The first-order chi connectivity index (χ1) is 56.9. The average Bonchev–Trinajstić information content (AvgIpc) is 0.741. The first-order valence-electron chi connectivity index (χ1n) is 38.9. The number of halogens is 18. The Bertz CT molecular complexity index is 4430. The highest BCUT2D eigenvalue weighted by Crippen LogP contribution is 2.48. The molecule has 2 spiro atoms. The molecule has 126 heavy (non-hydrogen) atoms. The number of nitrogens with zero attached hydrogens (tertiary/aromatic N) is 1. The molecule has 3 amide bonds. The number of hydrogen-bond donors (Lipinski definition) is 6. The molecular formula is C90H109F18N6O11S+. The number of ether oxygens (including phenoxy) is 6. The molecule has 0 aromatic heterocycles. The number of nitrogens with one attached hydrogen (secondary N) is 5. The van der Waals surface area contributed by atoms with Crippen LogP contribution in [0.15, 0.2) is 176 Å². The molecule has 5 aliphatic heterocycles. The Kier molecular flexibility index (Phi) is 35.2. The smallest absolute Gasteiger partial charge is 0.416 e. The highest BCUT2D eigenvalue weighted by Gasteiger charge is 2.55. The van der Waals surface area contributed by atoms with Gasteiger partial charge in [0.2, 0.25) is 6.10 Å². The van der Waals surface area contributed by atoms with E-state index >= 15 is 0 Å². The van der Waals surface area contributed by atoms with Gasteiger partial charge in [-0.05, 0) is 168 Å². The predicted molar refractivity (Wildman–Crippen MR) is 440 cm³/mol. The first kappa shape index (κ1) is 106. The number of benzene rings is 7. The number of hydrogen-bond acceptors (Lipinski definition) is 13. The molecule has 5 heterocycles. The molecule has 7 aromatic rings. The lowest BCUT2D eigenvalue weighted by atomic mass is 9.74. The normalized spacial score (nSPS) is 23.3. The van der Waals surface area contributed by atoms with Crippen molar-refractivity contribution >= 4 is 29.3 Å². The van der Waals surface area contributed by atoms with Gasteiger partial charge in [0.15, 0.2) is 0 Å². The van der Waals surface area contributed by atoms with Gasteiger partial charge in [-0.2, -0.15) is 79.0 Å². The van der Waals surface area contributed by atoms with E-state index in [1.54, 1.807) is 81.4 Å². The lowest BCUT2D eigenvalue weighted by Crippen LogP contribution is -2.67. The van der Waals surface area contributed by atoms with Crippen LogP contribution in [0.4, 0.5) is 93.4 Å². The lowest BCUT2D eigenvalue weighted by molar-refractivity contribution is -0.145. The topological polar surface area (TPSA) is 207 Å². The van der Waals surface area contributed by atoms with Gasteiger partial charge < -0.3 is 54.8 Å². The van der Waals surface area contributed by atoms with Crippen LogP contribution in [0.2, 0.25) is 0 Å². The molecule has 0 radical (unpaired) electrons. The van der Waals surface area contributed by atoms with E-state index in [-0.39, 0.29) is 137 Å². The van der Waals surface area contributed by atoms with Gasteiger partial charge in [0.05, 0.1) is 135 Å². The van der Waals surface area contributed by atoms with Gasteiger partial charge in [-0.1, -0.05) is 151 Å². The second-order valence-corrected chi connectivity index (χ2v) is 34.1. The fraction of sp³-hybridized carbons (Fsp3) is 0.489. The van der Waals surface area contributed by atoms with Crippen molar-refractivity contribution in [2.75, 3.05) is 59.3 Å². The monoisotopic (exact) mass is 1820 g/mol. The molecule has 696 valence electrons. The third-order valence-corrected chi connectivity index (χ3v) is 24.3. The Morgan fingerprint density at radius 1 is 0.484 bits per heavy atom. The molecule has 17 nitrogen and oxygen atoms in total. The second-order valence-electron chi connectivity index (χ2n) is 32.2. The molecule has 0 bridgehead atoms. The van der Waals surface area contributed by atoms with Crippen LogP contribution in [0.25, 0.3) is 0 Å². The van der Waals surface area contributed by atoms with Crippen molar-refractivity contribution in [2.45, 2.75) is 222 Å². The summed E-state index contributed by atoms with van der Waals surface area (Å²) in [5.41, 5.74) is -11.4. The van der Waals surface area contributed by atoms with Crippen LogP contribution in [-0.2, 0) is 99.7 Å². The van der Waals surface area contributed by atoms with Crippen LogP contribution >= 0.6 is 0 Å². The summed E-state index contributed by atoms with van der Waals surface area (Å²) in [5, 5.41) is 22.7. The van der Waals surface area contributed by atoms with E-state index in [0.717, 1.165) is 11.1 Å². The maximum atomic E-state index is 14.2. The van der Waals surface area contributed by atoms with E-state index in [1.807, 2.05) is 60.7 Å². The fourth-order valence-electron chi connectivity index (χ4n) is 15.3. The van der Waals surface area contributed by atoms with Gasteiger partial charge >= 0.3 is 55.3 Å². The molecule has 1 unspecified atom stereocenters. The number of alkyl carbamates (subject to hydrolysis) is 2. The lowest BCUT2D eigenvalue weighted by Gasteiger charge is -2.54.